The fourth-order valence-corrected chi connectivity index (χ4v) is 1.32. The monoisotopic (exact) mass is 197 g/mol. The first-order chi connectivity index (χ1) is 6.74. The van der Waals surface area contributed by atoms with Gasteiger partial charge in [-0.2, -0.15) is 0 Å². The maximum Gasteiger partial charge on any atom is 0.126 e. The van der Waals surface area contributed by atoms with E-state index in [1.165, 1.54) is 6.07 Å². The van der Waals surface area contributed by atoms with E-state index < -0.39 is 0 Å². The second-order valence-corrected chi connectivity index (χ2v) is 3.34. The van der Waals surface area contributed by atoms with Crippen LogP contribution in [0.3, 0.4) is 0 Å². The molecular weight excluding hydrogens is 181 g/mol. The Labute approximate surface area is 83.9 Å². The van der Waals surface area contributed by atoms with Gasteiger partial charge in [-0.15, -0.1) is 0 Å². The molecule has 0 aliphatic heterocycles. The van der Waals surface area contributed by atoms with E-state index in [-0.39, 0.29) is 11.9 Å². The van der Waals surface area contributed by atoms with Crippen LogP contribution in [-0.4, -0.2) is 19.8 Å². The molecule has 0 saturated heterocycles. The predicted molar refractivity (Wildman–Crippen MR) is 54.6 cm³/mol. The molecule has 0 heterocycles. The Morgan fingerprint density at radius 2 is 2.14 bits per heavy atom. The molecule has 2 N–H and O–H groups in total. The third-order valence-corrected chi connectivity index (χ3v) is 2.13. The van der Waals surface area contributed by atoms with Gasteiger partial charge in [-0.1, -0.05) is 18.2 Å². The van der Waals surface area contributed by atoms with Gasteiger partial charge in [-0.05, 0) is 24.5 Å². The summed E-state index contributed by atoms with van der Waals surface area (Å²) < 4.78 is 18.1. The molecule has 0 amide bonds. The van der Waals surface area contributed by atoms with Gasteiger partial charge in [0.1, 0.15) is 5.82 Å². The normalized spacial score (nSPS) is 12.8. The van der Waals surface area contributed by atoms with Gasteiger partial charge < -0.3 is 10.5 Å². The quantitative estimate of drug-likeness (QED) is 0.780. The molecule has 1 unspecified atom stereocenters. The maximum absolute atomic E-state index is 13.2. The Bertz CT molecular complexity index is 278. The summed E-state index contributed by atoms with van der Waals surface area (Å²) in [6.45, 7) is 0.621. The van der Waals surface area contributed by atoms with Crippen molar-refractivity contribution in [3.63, 3.8) is 0 Å². The average Bonchev–Trinajstić information content (AvgIpc) is 2.18. The van der Waals surface area contributed by atoms with E-state index in [0.29, 0.717) is 18.6 Å². The van der Waals surface area contributed by atoms with Crippen LogP contribution in [0.2, 0.25) is 0 Å². The minimum Gasteiger partial charge on any atom is -0.385 e. The van der Waals surface area contributed by atoms with Crippen molar-refractivity contribution in [1.29, 1.82) is 0 Å². The van der Waals surface area contributed by atoms with Crippen molar-refractivity contribution in [2.75, 3.05) is 13.7 Å². The molecule has 0 aromatic heterocycles. The molecule has 1 aromatic carbocycles. The van der Waals surface area contributed by atoms with E-state index in [1.807, 2.05) is 6.07 Å². The Kier molecular flexibility index (Phi) is 4.56. The van der Waals surface area contributed by atoms with E-state index >= 15 is 0 Å². The lowest BCUT2D eigenvalue weighted by molar-refractivity contribution is 0.187. The fraction of sp³-hybridized carbons (Fsp3) is 0.455. The molecule has 0 radical (unpaired) electrons. The van der Waals surface area contributed by atoms with Gasteiger partial charge in [-0.3, -0.25) is 0 Å². The highest BCUT2D eigenvalue weighted by Gasteiger charge is 2.06. The molecule has 14 heavy (non-hydrogen) atoms. The maximum atomic E-state index is 13.2. The number of benzene rings is 1. The van der Waals surface area contributed by atoms with Gasteiger partial charge >= 0.3 is 0 Å². The molecule has 0 spiro atoms. The molecule has 1 aromatic rings. The highest BCUT2D eigenvalue weighted by Crippen LogP contribution is 2.09. The van der Waals surface area contributed by atoms with Gasteiger partial charge in [0, 0.05) is 19.8 Å². The zero-order valence-corrected chi connectivity index (χ0v) is 8.37. The number of hydrogen-bond acceptors (Lipinski definition) is 2. The van der Waals surface area contributed by atoms with Gasteiger partial charge in [0.2, 0.25) is 0 Å². The Hall–Kier alpha value is -0.930. The van der Waals surface area contributed by atoms with Gasteiger partial charge in [0.25, 0.3) is 0 Å². The second-order valence-electron chi connectivity index (χ2n) is 3.34. The van der Waals surface area contributed by atoms with Gasteiger partial charge in [0.05, 0.1) is 0 Å². The van der Waals surface area contributed by atoms with Crippen LogP contribution < -0.4 is 5.73 Å². The minimum atomic E-state index is -0.180. The summed E-state index contributed by atoms with van der Waals surface area (Å²) in [4.78, 5) is 0. The van der Waals surface area contributed by atoms with Crippen molar-refractivity contribution in [2.24, 2.45) is 5.73 Å². The zero-order chi connectivity index (χ0) is 10.4. The van der Waals surface area contributed by atoms with Crippen molar-refractivity contribution in [3.05, 3.63) is 35.6 Å². The molecule has 3 heteroatoms. The number of methoxy groups -OCH3 is 1. The lowest BCUT2D eigenvalue weighted by Gasteiger charge is -2.11. The number of halogens is 1. The lowest BCUT2D eigenvalue weighted by atomic mass is 10.0. The van der Waals surface area contributed by atoms with Crippen LogP contribution in [0.1, 0.15) is 12.0 Å². The summed E-state index contributed by atoms with van der Waals surface area (Å²) in [5.74, 6) is -0.180. The molecule has 78 valence electrons. The highest BCUT2D eigenvalue weighted by atomic mass is 19.1. The molecule has 1 rings (SSSR count). The van der Waals surface area contributed by atoms with Crippen molar-refractivity contribution in [3.8, 4) is 0 Å². The third-order valence-electron chi connectivity index (χ3n) is 2.13. The summed E-state index contributed by atoms with van der Waals surface area (Å²) in [5.41, 5.74) is 6.49. The van der Waals surface area contributed by atoms with Crippen LogP contribution in [0.25, 0.3) is 0 Å². The number of rotatable bonds is 5. The minimum absolute atomic E-state index is 0.0353. The van der Waals surface area contributed by atoms with E-state index in [1.54, 1.807) is 19.2 Å². The Morgan fingerprint density at radius 3 is 2.79 bits per heavy atom. The smallest absolute Gasteiger partial charge is 0.126 e. The summed E-state index contributed by atoms with van der Waals surface area (Å²) in [6.07, 6.45) is 1.32. The van der Waals surface area contributed by atoms with E-state index in [4.69, 9.17) is 10.5 Å². The standard InChI is InChI=1S/C11H16FNO/c1-14-7-6-10(13)8-9-4-2-3-5-11(9)12/h2-5,10H,6-8,13H2,1H3. The van der Waals surface area contributed by atoms with Gasteiger partial charge in [0.15, 0.2) is 0 Å². The molecular formula is C11H16FNO. The van der Waals surface area contributed by atoms with Crippen LogP contribution in [0.5, 0.6) is 0 Å². The first-order valence-corrected chi connectivity index (χ1v) is 4.72. The molecule has 0 fully saturated rings. The molecule has 1 atom stereocenters. The SMILES string of the molecule is COCCC(N)Cc1ccccc1F. The van der Waals surface area contributed by atoms with Gasteiger partial charge in [-0.25, -0.2) is 4.39 Å². The van der Waals surface area contributed by atoms with Crippen molar-refractivity contribution < 1.29 is 9.13 Å². The molecule has 0 aliphatic rings. The van der Waals surface area contributed by atoms with Crippen molar-refractivity contribution in [1.82, 2.24) is 0 Å². The number of nitrogens with two attached hydrogens (primary N) is 1. The van der Waals surface area contributed by atoms with Crippen LogP contribution in [-0.2, 0) is 11.2 Å². The molecule has 0 aliphatic carbocycles. The zero-order valence-electron chi connectivity index (χ0n) is 8.37. The number of hydrogen-bond donors (Lipinski definition) is 1. The third kappa shape index (κ3) is 3.44. The number of ether oxygens (including phenoxy) is 1. The summed E-state index contributed by atoms with van der Waals surface area (Å²) in [6, 6.07) is 6.69. The van der Waals surface area contributed by atoms with Crippen molar-refractivity contribution in [2.45, 2.75) is 18.9 Å². The topological polar surface area (TPSA) is 35.2 Å². The van der Waals surface area contributed by atoms with E-state index in [9.17, 15) is 4.39 Å². The molecule has 0 bridgehead atoms. The van der Waals surface area contributed by atoms with Crippen LogP contribution >= 0.6 is 0 Å². The molecule has 0 saturated carbocycles. The largest absolute Gasteiger partial charge is 0.385 e. The van der Waals surface area contributed by atoms with Crippen LogP contribution in [0, 0.1) is 5.82 Å². The summed E-state index contributed by atoms with van der Waals surface area (Å²) in [7, 11) is 1.63. The first-order valence-electron chi connectivity index (χ1n) is 4.72. The average molecular weight is 197 g/mol. The Balaban J connectivity index is 2.47. The van der Waals surface area contributed by atoms with Crippen LogP contribution in [0.4, 0.5) is 4.39 Å². The summed E-state index contributed by atoms with van der Waals surface area (Å²) in [5, 5.41) is 0. The van der Waals surface area contributed by atoms with Crippen LogP contribution in [0.15, 0.2) is 24.3 Å². The predicted octanol–water partition coefficient (Wildman–Crippen LogP) is 1.73. The Morgan fingerprint density at radius 1 is 1.43 bits per heavy atom. The van der Waals surface area contributed by atoms with E-state index in [0.717, 1.165) is 6.42 Å². The van der Waals surface area contributed by atoms with Crippen molar-refractivity contribution >= 4 is 0 Å². The van der Waals surface area contributed by atoms with E-state index in [2.05, 4.69) is 0 Å². The first kappa shape index (κ1) is 11.1. The summed E-state index contributed by atoms with van der Waals surface area (Å²) >= 11 is 0. The molecule has 2 nitrogen and oxygen atoms in total. The lowest BCUT2D eigenvalue weighted by Crippen LogP contribution is -2.24. The highest BCUT2D eigenvalue weighted by molar-refractivity contribution is 5.18. The fourth-order valence-electron chi connectivity index (χ4n) is 1.32. The second kappa shape index (κ2) is 5.73.